The van der Waals surface area contributed by atoms with Gasteiger partial charge in [0.1, 0.15) is 5.75 Å². The smallest absolute Gasteiger partial charge is 0.167 e. The molecule has 26 heavy (non-hydrogen) atoms. The van der Waals surface area contributed by atoms with E-state index in [1.165, 1.54) is 19.4 Å². The zero-order valence-electron chi connectivity index (χ0n) is 13.8. The van der Waals surface area contributed by atoms with Crippen molar-refractivity contribution in [3.05, 3.63) is 53.9 Å². The third-order valence-corrected chi connectivity index (χ3v) is 2.53. The van der Waals surface area contributed by atoms with Gasteiger partial charge in [-0.3, -0.25) is 0 Å². The van der Waals surface area contributed by atoms with Crippen LogP contribution in [0.1, 0.15) is 11.1 Å². The monoisotopic (exact) mass is 511 g/mol. The van der Waals surface area contributed by atoms with Crippen molar-refractivity contribution >= 4 is 12.1 Å². The maximum absolute atomic E-state index is 11.6. The van der Waals surface area contributed by atoms with Gasteiger partial charge in [-0.1, -0.05) is 11.8 Å². The third kappa shape index (κ3) is 10.2. The molecule has 1 aromatic carbocycles. The number of nitrogens with zero attached hydrogens (tertiary/aromatic N) is 2. The Morgan fingerprint density at radius 2 is 1.73 bits per heavy atom. The molecule has 0 saturated carbocycles. The second kappa shape index (κ2) is 18.0. The first-order valence-corrected chi connectivity index (χ1v) is 6.25. The zero-order chi connectivity index (χ0) is 16.4. The number of hydrogen-bond acceptors (Lipinski definition) is 6. The molecule has 146 valence electrons. The summed E-state index contributed by atoms with van der Waals surface area (Å²) in [5.74, 6) is -0.248. The number of rotatable bonds is 4. The minimum atomic E-state index is -0.476. The van der Waals surface area contributed by atoms with E-state index in [1.54, 1.807) is 36.7 Å². The van der Waals surface area contributed by atoms with Gasteiger partial charge < -0.3 is 48.0 Å². The van der Waals surface area contributed by atoms with Gasteiger partial charge in [0.2, 0.25) is 0 Å². The number of H-pyrrole nitrogens is 1. The summed E-state index contributed by atoms with van der Waals surface area (Å²) in [5.41, 5.74) is 0.752. The van der Waals surface area contributed by atoms with Crippen LogP contribution in [0.4, 0.5) is 0 Å². The van der Waals surface area contributed by atoms with Gasteiger partial charge in [0.05, 0.1) is 13.3 Å². The minimum Gasteiger partial charge on any atom is -2.00 e. The van der Waals surface area contributed by atoms with Crippen LogP contribution in [0.25, 0.3) is 0 Å². The van der Waals surface area contributed by atoms with Crippen LogP contribution < -0.4 is 36.9 Å². The molecule has 0 aliphatic heterocycles. The molecule has 0 saturated heterocycles. The van der Waals surface area contributed by atoms with Crippen LogP contribution in [0, 0.1) is 0 Å². The molecule has 9 nitrogen and oxygen atoms in total. The van der Waals surface area contributed by atoms with Gasteiger partial charge >= 0.3 is 0 Å². The van der Waals surface area contributed by atoms with Crippen LogP contribution in [0.2, 0.25) is 0 Å². The van der Waals surface area contributed by atoms with E-state index >= 15 is 0 Å². The summed E-state index contributed by atoms with van der Waals surface area (Å²) in [6, 6.07) is 7.72. The Morgan fingerprint density at radius 1 is 1.15 bits per heavy atom. The second-order valence-electron chi connectivity index (χ2n) is 3.84. The summed E-state index contributed by atoms with van der Waals surface area (Å²) in [7, 11) is 2.48. The van der Waals surface area contributed by atoms with Gasteiger partial charge in [0, 0.05) is 46.2 Å². The van der Waals surface area contributed by atoms with E-state index in [0.29, 0.717) is 16.9 Å². The van der Waals surface area contributed by atoms with E-state index in [-0.39, 0.29) is 54.7 Å². The largest absolute Gasteiger partial charge is 2.00 e. The number of pyridine rings is 1. The Labute approximate surface area is 175 Å². The molecule has 2 rings (SSSR count). The summed E-state index contributed by atoms with van der Waals surface area (Å²) in [5, 5.41) is 37.4. The van der Waals surface area contributed by atoms with Crippen molar-refractivity contribution in [1.82, 2.24) is 0 Å². The average molecular weight is 510 g/mol. The number of nitrogens with one attached hydrogen (secondary N) is 1. The Balaban J connectivity index is -0.000000390. The molecule has 0 amide bonds. The predicted octanol–water partition coefficient (Wildman–Crippen LogP) is -3.90. The van der Waals surface area contributed by atoms with E-state index in [2.05, 4.69) is 15.2 Å². The number of ether oxygens (including phenoxy) is 1. The van der Waals surface area contributed by atoms with Crippen molar-refractivity contribution in [3.63, 3.8) is 0 Å². The molecule has 1 aromatic heterocycles. The van der Waals surface area contributed by atoms with Gasteiger partial charge in [-0.25, -0.2) is 4.98 Å². The molecule has 0 unspecified atom stereocenters. The number of aliphatic hydroxyl groups excluding tert-OH is 1. The van der Waals surface area contributed by atoms with Crippen LogP contribution in [-0.2, 0) is 32.0 Å². The number of methoxy groups -OCH3 is 1. The molecule has 1 heterocycles. The van der Waals surface area contributed by atoms with Crippen LogP contribution >= 0.6 is 0 Å². The van der Waals surface area contributed by atoms with Crippen molar-refractivity contribution < 1.29 is 74.0 Å². The summed E-state index contributed by atoms with van der Waals surface area (Å²) in [6.45, 7) is 0. The van der Waals surface area contributed by atoms with E-state index in [1.807, 2.05) is 0 Å². The number of aromatic nitrogens is 1. The van der Waals surface area contributed by atoms with Gasteiger partial charge in [-0.15, -0.1) is 0 Å². The van der Waals surface area contributed by atoms with Gasteiger partial charge in [0.25, 0.3) is 0 Å². The predicted molar refractivity (Wildman–Crippen MR) is 79.1 cm³/mol. The molecule has 0 fully saturated rings. The average Bonchev–Trinajstić information content (AvgIpc) is 2.58. The molecular formula is C15H16BrMoN3O6-6. The summed E-state index contributed by atoms with van der Waals surface area (Å²) in [4.78, 5) is 2.80. The van der Waals surface area contributed by atoms with E-state index < -0.39 is 5.90 Å². The number of aliphatic hydroxyl groups is 1. The maximum Gasteiger partial charge on any atom is 0.167 e. The molecule has 0 radical (unpaired) electrons. The van der Waals surface area contributed by atoms with Crippen molar-refractivity contribution in [3.8, 4) is 11.5 Å². The molecule has 11 heteroatoms. The molecule has 0 bridgehead atoms. The van der Waals surface area contributed by atoms with Crippen molar-refractivity contribution in [2.45, 2.75) is 0 Å². The van der Waals surface area contributed by atoms with E-state index in [9.17, 15) is 10.2 Å². The first-order valence-electron chi connectivity index (χ1n) is 6.25. The fraction of sp³-hybridized carbons (Fsp3) is 0.133. The van der Waals surface area contributed by atoms with Crippen LogP contribution in [0.5, 0.6) is 11.5 Å². The van der Waals surface area contributed by atoms with Crippen molar-refractivity contribution in [2.24, 2.45) is 10.2 Å². The normalized spacial score (nSPS) is 9.27. The molecule has 0 aliphatic carbocycles. The standard InChI is InChI=1S/C14H13N3O3.CH4O.BrH.Mo.2O/c1-20-12-3-2-11(13(18)8-12)9-16-17-14(19)10-4-6-15-7-5-10;1-2;;;;/h2-9,18H,1H3,(H,17,19);2H,1H3;1H;;;/q;;;;2*-2/p-2/b16-9+;;;;;. The number of halogens is 1. The van der Waals surface area contributed by atoms with Crippen LogP contribution in [-0.4, -0.2) is 31.4 Å². The Hall–Kier alpha value is -1.84. The summed E-state index contributed by atoms with van der Waals surface area (Å²) < 4.78 is 4.93. The number of benzene rings is 1. The van der Waals surface area contributed by atoms with E-state index in [0.717, 1.165) is 7.11 Å². The van der Waals surface area contributed by atoms with Crippen LogP contribution in [0.15, 0.2) is 52.9 Å². The van der Waals surface area contributed by atoms with Crippen molar-refractivity contribution in [2.75, 3.05) is 14.2 Å². The van der Waals surface area contributed by atoms with Gasteiger partial charge in [0.15, 0.2) is 12.4 Å². The second-order valence-corrected chi connectivity index (χ2v) is 3.84. The minimum absolute atomic E-state index is 0. The Bertz CT molecular complexity index is 659. The fourth-order valence-corrected chi connectivity index (χ4v) is 1.48. The summed E-state index contributed by atoms with van der Waals surface area (Å²) in [6.07, 6.45) is 4.48. The SMILES string of the molecule is CO.COc1ccc(/C=N/N=C(\[O-])c2cc[nH+]cc2)c([O-])c1.[Br-].[Mo].[O-2].[O-2]. The first-order chi connectivity index (χ1) is 10.7. The fourth-order valence-electron chi connectivity index (χ4n) is 1.48. The topological polar surface area (TPSA) is 171 Å². The molecule has 2 aromatic rings. The number of hydrogen-bond donors (Lipinski definition) is 1. The first kappa shape index (κ1) is 31.9. The number of aromatic amines is 1. The maximum atomic E-state index is 11.6. The van der Waals surface area contributed by atoms with E-state index in [4.69, 9.17) is 9.84 Å². The van der Waals surface area contributed by atoms with Gasteiger partial charge in [-0.05, 0) is 23.3 Å². The van der Waals surface area contributed by atoms with Crippen LogP contribution in [0.3, 0.4) is 0 Å². The molecule has 2 N–H and O–H groups in total. The van der Waals surface area contributed by atoms with Crippen molar-refractivity contribution in [1.29, 1.82) is 0 Å². The Kier molecular flexibility index (Phi) is 22.0. The summed E-state index contributed by atoms with van der Waals surface area (Å²) >= 11 is 0. The molecule has 0 aliphatic rings. The molecule has 0 atom stereocenters. The van der Waals surface area contributed by atoms with Gasteiger partial charge in [-0.2, -0.15) is 10.2 Å². The molecular weight excluding hydrogens is 494 g/mol. The molecule has 0 spiro atoms. The third-order valence-electron chi connectivity index (χ3n) is 2.53. The quantitative estimate of drug-likeness (QED) is 0.192. The Morgan fingerprint density at radius 3 is 2.23 bits per heavy atom. The zero-order valence-corrected chi connectivity index (χ0v) is 17.4.